The summed E-state index contributed by atoms with van der Waals surface area (Å²) in [5.41, 5.74) is -1.70. The number of pyridine rings is 1. The Morgan fingerprint density at radius 2 is 2.00 bits per heavy atom. The summed E-state index contributed by atoms with van der Waals surface area (Å²) in [5.74, 6) is -0.146. The summed E-state index contributed by atoms with van der Waals surface area (Å²) in [4.78, 5) is 14.6. The minimum atomic E-state index is -4.66. The van der Waals surface area contributed by atoms with Crippen LogP contribution in [-0.4, -0.2) is 42.2 Å². The van der Waals surface area contributed by atoms with Gasteiger partial charge in [0.2, 0.25) is 5.91 Å². The molecule has 2 aliphatic rings. The zero-order chi connectivity index (χ0) is 17.0. The van der Waals surface area contributed by atoms with E-state index in [1.54, 1.807) is 0 Å². The third kappa shape index (κ3) is 2.79. The van der Waals surface area contributed by atoms with Crippen LogP contribution in [0.3, 0.4) is 0 Å². The smallest absolute Gasteiger partial charge is 0.348 e. The second-order valence-electron chi connectivity index (χ2n) is 5.61. The highest BCUT2D eigenvalue weighted by Gasteiger charge is 2.52. The van der Waals surface area contributed by atoms with Gasteiger partial charge in [-0.1, -0.05) is 11.6 Å². The van der Waals surface area contributed by atoms with E-state index in [9.17, 15) is 26.4 Å². The van der Waals surface area contributed by atoms with Crippen molar-refractivity contribution in [2.45, 2.75) is 29.6 Å². The fourth-order valence-corrected chi connectivity index (χ4v) is 4.73. The van der Waals surface area contributed by atoms with Crippen molar-refractivity contribution >= 4 is 27.5 Å². The van der Waals surface area contributed by atoms with Gasteiger partial charge in [0, 0.05) is 25.7 Å². The molecule has 1 amide bonds. The second-order valence-corrected chi connectivity index (χ2v) is 7.87. The van der Waals surface area contributed by atoms with E-state index in [1.807, 2.05) is 0 Å². The molecule has 0 atom stereocenters. The number of aromatic nitrogens is 1. The molecule has 0 bridgehead atoms. The lowest BCUT2D eigenvalue weighted by molar-refractivity contribution is -0.137. The number of alkyl halides is 3. The van der Waals surface area contributed by atoms with Crippen LogP contribution in [0.1, 0.15) is 18.4 Å². The van der Waals surface area contributed by atoms with Crippen LogP contribution in [0.4, 0.5) is 13.2 Å². The number of amides is 1. The Bertz CT molecular complexity index is 775. The quantitative estimate of drug-likeness (QED) is 0.854. The first kappa shape index (κ1) is 16.5. The molecule has 2 saturated heterocycles. The van der Waals surface area contributed by atoms with Crippen LogP contribution in [-0.2, 0) is 21.0 Å². The molecule has 11 heteroatoms. The SMILES string of the molecule is O=C1CCC2(CN(S(=O)(=O)c3ncc(C(F)(F)F)cc3Cl)C2)N1. The van der Waals surface area contributed by atoms with Crippen molar-refractivity contribution in [2.24, 2.45) is 0 Å². The lowest BCUT2D eigenvalue weighted by Gasteiger charge is -2.46. The Morgan fingerprint density at radius 1 is 1.35 bits per heavy atom. The van der Waals surface area contributed by atoms with E-state index < -0.39 is 37.4 Å². The highest BCUT2D eigenvalue weighted by molar-refractivity contribution is 7.89. The molecule has 1 spiro atoms. The maximum absolute atomic E-state index is 12.6. The summed E-state index contributed by atoms with van der Waals surface area (Å²) in [6, 6.07) is 0.536. The molecular formula is C12H11ClF3N3O3S. The summed E-state index contributed by atoms with van der Waals surface area (Å²) in [5, 5.41) is 1.51. The number of nitrogens with one attached hydrogen (secondary N) is 1. The number of carbonyl (C=O) groups excluding carboxylic acids is 1. The van der Waals surface area contributed by atoms with E-state index in [0.29, 0.717) is 25.1 Å². The van der Waals surface area contributed by atoms with Gasteiger partial charge in [0.25, 0.3) is 10.0 Å². The van der Waals surface area contributed by atoms with Crippen molar-refractivity contribution in [1.29, 1.82) is 0 Å². The fraction of sp³-hybridized carbons (Fsp3) is 0.500. The third-order valence-electron chi connectivity index (χ3n) is 3.91. The molecule has 3 heterocycles. The van der Waals surface area contributed by atoms with Crippen LogP contribution in [0.5, 0.6) is 0 Å². The monoisotopic (exact) mass is 369 g/mol. The largest absolute Gasteiger partial charge is 0.417 e. The molecular weight excluding hydrogens is 359 g/mol. The number of rotatable bonds is 2. The standard InChI is InChI=1S/C12H11ClF3N3O3S/c13-8-3-7(12(14,15)16)4-17-10(8)23(21,22)19-5-11(6-19)2-1-9(20)18-11/h3-4H,1-2,5-6H2,(H,18,20). The van der Waals surface area contributed by atoms with Gasteiger partial charge in [0.1, 0.15) is 0 Å². The molecule has 3 rings (SSSR count). The molecule has 0 aliphatic carbocycles. The zero-order valence-corrected chi connectivity index (χ0v) is 13.1. The van der Waals surface area contributed by atoms with Gasteiger partial charge >= 0.3 is 6.18 Å². The topological polar surface area (TPSA) is 79.4 Å². The zero-order valence-electron chi connectivity index (χ0n) is 11.5. The molecule has 1 N–H and O–H groups in total. The van der Waals surface area contributed by atoms with Crippen LogP contribution in [0, 0.1) is 0 Å². The molecule has 126 valence electrons. The number of carbonyl (C=O) groups is 1. The average molecular weight is 370 g/mol. The minimum absolute atomic E-state index is 0.0557. The van der Waals surface area contributed by atoms with Gasteiger partial charge in [-0.2, -0.15) is 17.5 Å². The molecule has 0 aromatic carbocycles. The van der Waals surface area contributed by atoms with E-state index in [2.05, 4.69) is 10.3 Å². The van der Waals surface area contributed by atoms with Crippen molar-refractivity contribution < 1.29 is 26.4 Å². The minimum Gasteiger partial charge on any atom is -0.348 e. The first-order valence-corrected chi connectivity index (χ1v) is 8.39. The molecule has 1 aromatic rings. The maximum Gasteiger partial charge on any atom is 0.417 e. The van der Waals surface area contributed by atoms with E-state index >= 15 is 0 Å². The number of nitrogens with zero attached hydrogens (tertiary/aromatic N) is 2. The number of hydrogen-bond acceptors (Lipinski definition) is 4. The van der Waals surface area contributed by atoms with Crippen molar-refractivity contribution in [3.05, 3.63) is 22.8 Å². The third-order valence-corrected chi connectivity index (χ3v) is 6.06. The van der Waals surface area contributed by atoms with Gasteiger partial charge < -0.3 is 5.32 Å². The predicted octanol–water partition coefficient (Wildman–Crippen LogP) is 1.41. The number of sulfonamides is 1. The molecule has 23 heavy (non-hydrogen) atoms. The predicted molar refractivity (Wildman–Crippen MR) is 73.1 cm³/mol. The Kier molecular flexibility index (Phi) is 3.62. The lowest BCUT2D eigenvalue weighted by atomic mass is 9.91. The highest BCUT2D eigenvalue weighted by Crippen LogP contribution is 2.37. The van der Waals surface area contributed by atoms with E-state index in [0.717, 1.165) is 4.31 Å². The fourth-order valence-electron chi connectivity index (χ4n) is 2.70. The average Bonchev–Trinajstić information content (AvgIpc) is 2.78. The van der Waals surface area contributed by atoms with Gasteiger partial charge in [-0.15, -0.1) is 0 Å². The highest BCUT2D eigenvalue weighted by atomic mass is 35.5. The Labute approximate surface area is 134 Å². The lowest BCUT2D eigenvalue weighted by Crippen LogP contribution is -2.68. The van der Waals surface area contributed by atoms with Crippen molar-refractivity contribution in [1.82, 2.24) is 14.6 Å². The summed E-state index contributed by atoms with van der Waals surface area (Å²) in [7, 11) is -4.10. The number of hydrogen-bond donors (Lipinski definition) is 1. The van der Waals surface area contributed by atoms with Gasteiger partial charge in [-0.25, -0.2) is 13.4 Å². The first-order chi connectivity index (χ1) is 10.5. The van der Waals surface area contributed by atoms with Gasteiger partial charge in [0.05, 0.1) is 16.1 Å². The summed E-state index contributed by atoms with van der Waals surface area (Å²) in [6.07, 6.45) is -3.38. The van der Waals surface area contributed by atoms with Crippen LogP contribution >= 0.6 is 11.6 Å². The van der Waals surface area contributed by atoms with Gasteiger partial charge in [0.15, 0.2) is 5.03 Å². The molecule has 0 saturated carbocycles. The number of halogens is 4. The van der Waals surface area contributed by atoms with E-state index in [-0.39, 0.29) is 19.0 Å². The van der Waals surface area contributed by atoms with Crippen molar-refractivity contribution in [2.75, 3.05) is 13.1 Å². The van der Waals surface area contributed by atoms with Gasteiger partial charge in [-0.3, -0.25) is 4.79 Å². The summed E-state index contributed by atoms with van der Waals surface area (Å²) in [6.45, 7) is 0.111. The maximum atomic E-state index is 12.6. The van der Waals surface area contributed by atoms with E-state index in [1.165, 1.54) is 0 Å². The molecule has 0 radical (unpaired) electrons. The molecule has 2 fully saturated rings. The second kappa shape index (κ2) is 5.05. The molecule has 6 nitrogen and oxygen atoms in total. The molecule has 2 aliphatic heterocycles. The van der Waals surface area contributed by atoms with Crippen molar-refractivity contribution in [3.63, 3.8) is 0 Å². The Hall–Kier alpha value is -1.39. The normalized spacial score (nSPS) is 21.3. The summed E-state index contributed by atoms with van der Waals surface area (Å²) >= 11 is 5.68. The van der Waals surface area contributed by atoms with Crippen LogP contribution in [0.2, 0.25) is 5.02 Å². The molecule has 0 unspecified atom stereocenters. The van der Waals surface area contributed by atoms with Gasteiger partial charge in [-0.05, 0) is 12.5 Å². The molecule has 1 aromatic heterocycles. The summed E-state index contributed by atoms with van der Waals surface area (Å²) < 4.78 is 63.6. The van der Waals surface area contributed by atoms with Crippen molar-refractivity contribution in [3.8, 4) is 0 Å². The van der Waals surface area contributed by atoms with E-state index in [4.69, 9.17) is 11.6 Å². The van der Waals surface area contributed by atoms with Crippen LogP contribution in [0.15, 0.2) is 17.3 Å². The Balaban J connectivity index is 1.83. The van der Waals surface area contributed by atoms with Crippen LogP contribution in [0.25, 0.3) is 0 Å². The first-order valence-electron chi connectivity index (χ1n) is 6.57. The Morgan fingerprint density at radius 3 is 2.48 bits per heavy atom. The van der Waals surface area contributed by atoms with Crippen LogP contribution < -0.4 is 5.32 Å².